The number of hydrogen-bond donors (Lipinski definition) is 3. The Morgan fingerprint density at radius 1 is 1.22 bits per heavy atom. The van der Waals surface area contributed by atoms with E-state index in [1.54, 1.807) is 24.0 Å². The SMILES string of the molecule is CC(=O)O.O=CCNC(=O)C(CCCCNC(=O)c1ccc(N2CCOCC2)nc1)C1=CCC=CS1. The summed E-state index contributed by atoms with van der Waals surface area (Å²) in [5, 5.41) is 15.0. The van der Waals surface area contributed by atoms with E-state index in [0.29, 0.717) is 38.0 Å². The van der Waals surface area contributed by atoms with Crippen LogP contribution >= 0.6 is 11.8 Å². The normalized spacial score (nSPS) is 15.6. The Labute approximate surface area is 215 Å². The molecule has 36 heavy (non-hydrogen) atoms. The zero-order valence-corrected chi connectivity index (χ0v) is 21.3. The van der Waals surface area contributed by atoms with Crippen molar-refractivity contribution in [3.8, 4) is 0 Å². The van der Waals surface area contributed by atoms with Crippen molar-refractivity contribution >= 4 is 41.6 Å². The number of rotatable bonds is 11. The number of anilines is 1. The number of thioether (sulfide) groups is 1. The number of nitrogens with zero attached hydrogens (tertiary/aromatic N) is 2. The van der Waals surface area contributed by atoms with Crippen LogP contribution in [0.2, 0.25) is 0 Å². The summed E-state index contributed by atoms with van der Waals surface area (Å²) < 4.78 is 5.35. The monoisotopic (exact) mass is 518 g/mol. The fourth-order valence-electron chi connectivity index (χ4n) is 3.58. The van der Waals surface area contributed by atoms with Crippen LogP contribution in [0.5, 0.6) is 0 Å². The maximum Gasteiger partial charge on any atom is 0.300 e. The summed E-state index contributed by atoms with van der Waals surface area (Å²) in [6.07, 6.45) is 9.43. The van der Waals surface area contributed by atoms with E-state index in [1.165, 1.54) is 0 Å². The number of carboxylic acid groups (broad SMARTS) is 1. The fourth-order valence-corrected chi connectivity index (χ4v) is 4.53. The molecule has 1 unspecified atom stereocenters. The number of unbranched alkanes of at least 4 members (excludes halogenated alkanes) is 1. The molecule has 1 aromatic heterocycles. The van der Waals surface area contributed by atoms with Crippen LogP contribution in [0.4, 0.5) is 5.82 Å². The summed E-state index contributed by atoms with van der Waals surface area (Å²) in [5.41, 5.74) is 0.531. The van der Waals surface area contributed by atoms with Gasteiger partial charge in [-0.2, -0.15) is 0 Å². The molecule has 1 aromatic rings. The van der Waals surface area contributed by atoms with Crippen molar-refractivity contribution in [2.24, 2.45) is 5.92 Å². The highest BCUT2D eigenvalue weighted by atomic mass is 32.2. The number of pyridine rings is 1. The van der Waals surface area contributed by atoms with Crippen LogP contribution < -0.4 is 15.5 Å². The lowest BCUT2D eigenvalue weighted by Crippen LogP contribution is -2.36. The van der Waals surface area contributed by atoms with Crippen LogP contribution in [0.15, 0.2) is 40.8 Å². The number of carbonyl (C=O) groups excluding carboxylic acids is 3. The van der Waals surface area contributed by atoms with E-state index in [9.17, 15) is 14.4 Å². The molecule has 3 rings (SSSR count). The van der Waals surface area contributed by atoms with Crippen LogP contribution in [-0.2, 0) is 19.1 Å². The first-order chi connectivity index (χ1) is 17.4. The first-order valence-corrected chi connectivity index (χ1v) is 12.8. The van der Waals surface area contributed by atoms with E-state index in [2.05, 4.69) is 26.6 Å². The molecule has 0 spiro atoms. The number of hydrogen-bond acceptors (Lipinski definition) is 8. The first-order valence-electron chi connectivity index (χ1n) is 11.9. The number of carboxylic acids is 1. The number of allylic oxidation sites excluding steroid dienone is 2. The van der Waals surface area contributed by atoms with Crippen LogP contribution in [0.3, 0.4) is 0 Å². The summed E-state index contributed by atoms with van der Waals surface area (Å²) in [5.74, 6) is -0.519. The molecule has 1 atom stereocenters. The van der Waals surface area contributed by atoms with E-state index < -0.39 is 5.97 Å². The Balaban J connectivity index is 0.00000106. The van der Waals surface area contributed by atoms with Gasteiger partial charge in [0.2, 0.25) is 5.91 Å². The van der Waals surface area contributed by atoms with Crippen LogP contribution in [-0.4, -0.2) is 73.6 Å². The third-order valence-electron chi connectivity index (χ3n) is 5.33. The molecule has 1 fully saturated rings. The van der Waals surface area contributed by atoms with E-state index in [4.69, 9.17) is 14.6 Å². The number of ether oxygens (including phenoxy) is 1. The van der Waals surface area contributed by atoms with Crippen molar-refractivity contribution in [2.45, 2.75) is 32.6 Å². The second-order valence-corrected chi connectivity index (χ2v) is 9.05. The van der Waals surface area contributed by atoms with E-state index in [0.717, 1.165) is 50.0 Å². The summed E-state index contributed by atoms with van der Waals surface area (Å²) in [4.78, 5) is 52.0. The highest BCUT2D eigenvalue weighted by Gasteiger charge is 2.23. The van der Waals surface area contributed by atoms with Gasteiger partial charge in [0.1, 0.15) is 12.1 Å². The first kappa shape index (κ1) is 29.1. The molecule has 2 aliphatic rings. The molecular weight excluding hydrogens is 484 g/mol. The van der Waals surface area contributed by atoms with Crippen molar-refractivity contribution in [3.63, 3.8) is 0 Å². The van der Waals surface area contributed by atoms with Crippen LogP contribution in [0, 0.1) is 5.92 Å². The number of amides is 2. The molecule has 1 saturated heterocycles. The molecule has 0 aromatic carbocycles. The minimum absolute atomic E-state index is 0.0253. The molecule has 2 aliphatic heterocycles. The molecule has 2 amide bonds. The highest BCUT2D eigenvalue weighted by molar-refractivity contribution is 8.05. The number of aliphatic carboxylic acids is 1. The minimum atomic E-state index is -0.833. The summed E-state index contributed by atoms with van der Waals surface area (Å²) >= 11 is 1.55. The van der Waals surface area contributed by atoms with Gasteiger partial charge >= 0.3 is 0 Å². The number of nitrogens with one attached hydrogen (secondary N) is 2. The zero-order valence-electron chi connectivity index (χ0n) is 20.5. The Kier molecular flexibility index (Phi) is 13.3. The minimum Gasteiger partial charge on any atom is -0.481 e. The quantitative estimate of drug-likeness (QED) is 0.298. The van der Waals surface area contributed by atoms with Gasteiger partial charge in [-0.1, -0.05) is 18.6 Å². The largest absolute Gasteiger partial charge is 0.481 e. The summed E-state index contributed by atoms with van der Waals surface area (Å²) in [6.45, 7) is 4.62. The van der Waals surface area contributed by atoms with Gasteiger partial charge in [0.15, 0.2) is 0 Å². The second-order valence-electron chi connectivity index (χ2n) is 8.07. The van der Waals surface area contributed by atoms with Crippen LogP contribution in [0.25, 0.3) is 0 Å². The topological polar surface area (TPSA) is 138 Å². The number of carbonyl (C=O) groups is 4. The van der Waals surface area contributed by atoms with Gasteiger partial charge in [-0.25, -0.2) is 4.98 Å². The predicted molar refractivity (Wildman–Crippen MR) is 139 cm³/mol. The predicted octanol–water partition coefficient (Wildman–Crippen LogP) is 2.37. The number of aldehydes is 1. The highest BCUT2D eigenvalue weighted by Crippen LogP contribution is 2.32. The maximum absolute atomic E-state index is 12.5. The Morgan fingerprint density at radius 3 is 2.58 bits per heavy atom. The van der Waals surface area contributed by atoms with E-state index in [-0.39, 0.29) is 24.3 Å². The molecule has 0 aliphatic carbocycles. The standard InChI is InChI=1S/C23H30N4O4S.C2H4O2/c28-13-10-25-23(30)19(20-6-2-4-16-32-20)5-1-3-9-24-22(29)18-7-8-21(26-17-18)27-11-14-31-15-12-27;1-2(3)4/h4,6-8,13,16-17,19H,1-3,5,9-12,14-15H2,(H,24,29)(H,25,30);1H3,(H,3,4). The van der Waals surface area contributed by atoms with Crippen molar-refractivity contribution in [1.29, 1.82) is 0 Å². The van der Waals surface area contributed by atoms with Gasteiger partial charge < -0.3 is 30.2 Å². The molecule has 10 nitrogen and oxygen atoms in total. The Bertz CT molecular complexity index is 925. The molecular formula is C25H34N4O6S. The van der Waals surface area contributed by atoms with Crippen molar-refractivity contribution in [3.05, 3.63) is 46.4 Å². The van der Waals surface area contributed by atoms with Gasteiger partial charge in [0.25, 0.3) is 11.9 Å². The van der Waals surface area contributed by atoms with E-state index >= 15 is 0 Å². The third-order valence-corrected chi connectivity index (χ3v) is 6.38. The molecule has 3 heterocycles. The van der Waals surface area contributed by atoms with Gasteiger partial charge in [-0.15, -0.1) is 11.8 Å². The summed E-state index contributed by atoms with van der Waals surface area (Å²) in [7, 11) is 0. The van der Waals surface area contributed by atoms with Gasteiger partial charge in [0, 0.05) is 32.8 Å². The average molecular weight is 519 g/mol. The lowest BCUT2D eigenvalue weighted by atomic mass is 9.99. The van der Waals surface area contributed by atoms with Gasteiger partial charge in [0.05, 0.1) is 31.2 Å². The smallest absolute Gasteiger partial charge is 0.300 e. The molecule has 0 radical (unpaired) electrons. The number of morpholine rings is 1. The lowest BCUT2D eigenvalue weighted by molar-refractivity contribution is -0.134. The fraction of sp³-hybridized carbons (Fsp3) is 0.480. The second kappa shape index (κ2) is 16.5. The molecule has 11 heteroatoms. The Hall–Kier alpha value is -3.18. The molecule has 196 valence electrons. The number of aromatic nitrogens is 1. The third kappa shape index (κ3) is 10.6. The molecule has 0 saturated carbocycles. The maximum atomic E-state index is 12.5. The van der Waals surface area contributed by atoms with Crippen molar-refractivity contribution in [2.75, 3.05) is 44.3 Å². The van der Waals surface area contributed by atoms with Gasteiger partial charge in [-0.3, -0.25) is 14.4 Å². The van der Waals surface area contributed by atoms with E-state index in [1.807, 2.05) is 17.6 Å². The van der Waals surface area contributed by atoms with Crippen LogP contribution in [0.1, 0.15) is 43.0 Å². The average Bonchev–Trinajstić information content (AvgIpc) is 2.90. The van der Waals surface area contributed by atoms with Crippen molar-refractivity contribution in [1.82, 2.24) is 15.6 Å². The zero-order chi connectivity index (χ0) is 26.2. The molecule has 3 N–H and O–H groups in total. The lowest BCUT2D eigenvalue weighted by Gasteiger charge is -2.27. The Morgan fingerprint density at radius 2 is 1.97 bits per heavy atom. The van der Waals surface area contributed by atoms with Crippen molar-refractivity contribution < 1.29 is 29.0 Å². The molecule has 0 bridgehead atoms. The summed E-state index contributed by atoms with van der Waals surface area (Å²) in [6, 6.07) is 3.66. The van der Waals surface area contributed by atoms with Gasteiger partial charge in [-0.05, 0) is 41.7 Å².